The van der Waals surface area contributed by atoms with Crippen molar-refractivity contribution in [1.29, 1.82) is 0 Å². The van der Waals surface area contributed by atoms with Gasteiger partial charge in [-0.15, -0.1) is 0 Å². The first-order chi connectivity index (χ1) is 15.2. The molecule has 1 aliphatic carbocycles. The molecule has 1 amide bonds. The largest absolute Gasteiger partial charge is 0.497 e. The summed E-state index contributed by atoms with van der Waals surface area (Å²) in [5, 5.41) is 2.79. The van der Waals surface area contributed by atoms with Crippen LogP contribution in [0.4, 0.5) is 4.79 Å². The van der Waals surface area contributed by atoms with E-state index in [2.05, 4.69) is 41.4 Å². The number of carbonyl (C=O) groups is 1. The second-order valence-electron chi connectivity index (χ2n) is 7.48. The van der Waals surface area contributed by atoms with E-state index in [-0.39, 0.29) is 5.92 Å². The Morgan fingerprint density at radius 3 is 2.32 bits per heavy atom. The Morgan fingerprint density at radius 2 is 1.68 bits per heavy atom. The van der Waals surface area contributed by atoms with Gasteiger partial charge in [-0.2, -0.15) is 0 Å². The van der Waals surface area contributed by atoms with Crippen molar-refractivity contribution in [2.45, 2.75) is 19.3 Å². The lowest BCUT2D eigenvalue weighted by atomic mass is 9.98. The van der Waals surface area contributed by atoms with Crippen LogP contribution in [0.15, 0.2) is 66.7 Å². The smallest absolute Gasteiger partial charge is 0.407 e. The number of carbonyl (C=O) groups excluding carboxylic acids is 1. The number of hydrogen-bond donors (Lipinski definition) is 1. The quantitative estimate of drug-likeness (QED) is 0.459. The Balaban J connectivity index is 1.28. The van der Waals surface area contributed by atoms with Crippen molar-refractivity contribution in [3.8, 4) is 28.7 Å². The third-order valence-corrected chi connectivity index (χ3v) is 5.52. The second kappa shape index (κ2) is 9.40. The van der Waals surface area contributed by atoms with Crippen LogP contribution in [0.2, 0.25) is 0 Å². The number of benzene rings is 3. The van der Waals surface area contributed by atoms with E-state index in [0.717, 1.165) is 16.9 Å². The summed E-state index contributed by atoms with van der Waals surface area (Å²) in [5.41, 5.74) is 6.88. The summed E-state index contributed by atoms with van der Waals surface area (Å²) in [5.74, 6) is 7.12. The monoisotopic (exact) mass is 411 g/mol. The highest BCUT2D eigenvalue weighted by molar-refractivity contribution is 5.79. The lowest BCUT2D eigenvalue weighted by Crippen LogP contribution is -2.26. The van der Waals surface area contributed by atoms with E-state index < -0.39 is 6.09 Å². The van der Waals surface area contributed by atoms with Gasteiger partial charge in [0.25, 0.3) is 0 Å². The maximum Gasteiger partial charge on any atom is 0.407 e. The highest BCUT2D eigenvalue weighted by Crippen LogP contribution is 2.44. The molecule has 0 bridgehead atoms. The van der Waals surface area contributed by atoms with Crippen LogP contribution < -0.4 is 10.1 Å². The Hall–Kier alpha value is -3.71. The van der Waals surface area contributed by atoms with Crippen LogP contribution in [-0.2, 0) is 4.74 Å². The highest BCUT2D eigenvalue weighted by Gasteiger charge is 2.28. The molecule has 0 fully saturated rings. The number of amides is 1. The Bertz CT molecular complexity index is 1110. The number of rotatable bonds is 5. The van der Waals surface area contributed by atoms with Crippen molar-refractivity contribution in [3.05, 3.63) is 89.0 Å². The number of hydrogen-bond acceptors (Lipinski definition) is 3. The van der Waals surface area contributed by atoms with Crippen molar-refractivity contribution in [2.75, 3.05) is 20.3 Å². The van der Waals surface area contributed by atoms with Gasteiger partial charge in [-0.3, -0.25) is 0 Å². The molecule has 3 aromatic rings. The number of aryl methyl sites for hydroxylation is 1. The van der Waals surface area contributed by atoms with Crippen molar-refractivity contribution < 1.29 is 14.3 Å². The molecule has 1 N–H and O–H groups in total. The van der Waals surface area contributed by atoms with Gasteiger partial charge in [0.2, 0.25) is 0 Å². The van der Waals surface area contributed by atoms with Gasteiger partial charge in [-0.25, -0.2) is 4.79 Å². The third-order valence-electron chi connectivity index (χ3n) is 5.52. The molecule has 1 aliphatic rings. The topological polar surface area (TPSA) is 47.6 Å². The minimum atomic E-state index is -0.413. The van der Waals surface area contributed by atoms with Crippen LogP contribution >= 0.6 is 0 Å². The fourth-order valence-corrected chi connectivity index (χ4v) is 3.94. The number of methoxy groups -OCH3 is 1. The van der Waals surface area contributed by atoms with E-state index in [1.807, 2.05) is 49.4 Å². The fraction of sp³-hybridized carbons (Fsp3) is 0.222. The molecule has 0 unspecified atom stereocenters. The maximum absolute atomic E-state index is 12.2. The molecular formula is C27H25NO3. The average molecular weight is 412 g/mol. The van der Waals surface area contributed by atoms with Gasteiger partial charge < -0.3 is 14.8 Å². The molecule has 0 heterocycles. The van der Waals surface area contributed by atoms with E-state index in [1.54, 1.807) is 7.11 Å². The van der Waals surface area contributed by atoms with Crippen LogP contribution in [0.1, 0.15) is 34.6 Å². The Morgan fingerprint density at radius 1 is 1.00 bits per heavy atom. The number of nitrogens with one attached hydrogen (secondary N) is 1. The van der Waals surface area contributed by atoms with Crippen LogP contribution in [0, 0.1) is 18.8 Å². The van der Waals surface area contributed by atoms with Crippen LogP contribution in [-0.4, -0.2) is 26.4 Å². The molecule has 0 saturated carbocycles. The first-order valence-electron chi connectivity index (χ1n) is 10.4. The van der Waals surface area contributed by atoms with Crippen molar-refractivity contribution in [3.63, 3.8) is 0 Å². The number of fused-ring (bicyclic) bond motifs is 3. The number of ether oxygens (including phenoxy) is 2. The lowest BCUT2D eigenvalue weighted by Gasteiger charge is -2.14. The first-order valence-corrected chi connectivity index (χ1v) is 10.4. The molecule has 0 aromatic heterocycles. The Kier molecular flexibility index (Phi) is 6.24. The first kappa shape index (κ1) is 20.6. The van der Waals surface area contributed by atoms with Gasteiger partial charge in [-0.05, 0) is 52.9 Å². The Labute approximate surface area is 183 Å². The third kappa shape index (κ3) is 4.57. The zero-order valence-corrected chi connectivity index (χ0v) is 17.8. The fourth-order valence-electron chi connectivity index (χ4n) is 3.94. The molecule has 0 aliphatic heterocycles. The van der Waals surface area contributed by atoms with E-state index in [0.29, 0.717) is 19.6 Å². The predicted octanol–water partition coefficient (Wildman–Crippen LogP) is 5.28. The second-order valence-corrected chi connectivity index (χ2v) is 7.48. The summed E-state index contributed by atoms with van der Waals surface area (Å²) in [4.78, 5) is 12.2. The zero-order valence-electron chi connectivity index (χ0n) is 17.8. The van der Waals surface area contributed by atoms with Gasteiger partial charge in [0, 0.05) is 24.4 Å². The lowest BCUT2D eigenvalue weighted by molar-refractivity contribution is 0.143. The van der Waals surface area contributed by atoms with E-state index >= 15 is 0 Å². The summed E-state index contributed by atoms with van der Waals surface area (Å²) in [6, 6.07) is 22.4. The van der Waals surface area contributed by atoms with E-state index in [1.165, 1.54) is 22.3 Å². The van der Waals surface area contributed by atoms with Crippen molar-refractivity contribution in [1.82, 2.24) is 5.32 Å². The van der Waals surface area contributed by atoms with Crippen molar-refractivity contribution >= 4 is 6.09 Å². The molecule has 0 saturated heterocycles. The van der Waals surface area contributed by atoms with Gasteiger partial charge in [0.1, 0.15) is 12.4 Å². The van der Waals surface area contributed by atoms with Crippen molar-refractivity contribution in [2.24, 2.45) is 0 Å². The molecule has 4 rings (SSSR count). The summed E-state index contributed by atoms with van der Waals surface area (Å²) in [6.07, 6.45) is 0.139. The van der Waals surface area contributed by atoms with E-state index in [4.69, 9.17) is 9.47 Å². The van der Waals surface area contributed by atoms with E-state index in [9.17, 15) is 4.79 Å². The molecular weight excluding hydrogens is 386 g/mol. The average Bonchev–Trinajstić information content (AvgIpc) is 3.12. The summed E-state index contributed by atoms with van der Waals surface area (Å²) in [7, 11) is 1.65. The zero-order chi connectivity index (χ0) is 21.6. The molecule has 4 heteroatoms. The molecule has 0 radical (unpaired) electrons. The highest BCUT2D eigenvalue weighted by atomic mass is 16.5. The van der Waals surface area contributed by atoms with Gasteiger partial charge in [0.15, 0.2) is 0 Å². The molecule has 3 aromatic carbocycles. The molecule has 4 nitrogen and oxygen atoms in total. The minimum Gasteiger partial charge on any atom is -0.497 e. The van der Waals surface area contributed by atoms with Gasteiger partial charge >= 0.3 is 6.09 Å². The molecule has 0 spiro atoms. The normalized spacial score (nSPS) is 11.7. The molecule has 31 heavy (non-hydrogen) atoms. The molecule has 156 valence electrons. The SMILES string of the molecule is COc1ccc(C#CCCNC(=O)OCC2c3ccccc3-c3ccccc32)c(C)c1. The summed E-state index contributed by atoms with van der Waals surface area (Å²) < 4.78 is 10.7. The number of alkyl carbamates (subject to hydrolysis) is 1. The predicted molar refractivity (Wildman–Crippen MR) is 122 cm³/mol. The van der Waals surface area contributed by atoms with Crippen LogP contribution in [0.25, 0.3) is 11.1 Å². The maximum atomic E-state index is 12.2. The summed E-state index contributed by atoms with van der Waals surface area (Å²) in [6.45, 7) is 2.76. The van der Waals surface area contributed by atoms with Crippen LogP contribution in [0.3, 0.4) is 0 Å². The standard InChI is InChI=1S/C27H25NO3/c1-19-17-21(30-2)15-14-20(19)9-7-8-16-28-27(29)31-18-26-24-12-5-3-10-22(24)23-11-4-6-13-25(23)26/h3-6,10-15,17,26H,8,16,18H2,1-2H3,(H,28,29). The van der Waals surface area contributed by atoms with Gasteiger partial charge in [0.05, 0.1) is 7.11 Å². The molecule has 0 atom stereocenters. The summed E-state index contributed by atoms with van der Waals surface area (Å²) >= 11 is 0. The van der Waals surface area contributed by atoms with Gasteiger partial charge in [-0.1, -0.05) is 60.4 Å². The van der Waals surface area contributed by atoms with Crippen LogP contribution in [0.5, 0.6) is 5.75 Å². The minimum absolute atomic E-state index is 0.0657.